The van der Waals surface area contributed by atoms with Crippen LogP contribution < -0.4 is 15.8 Å². The van der Waals surface area contributed by atoms with Crippen molar-refractivity contribution in [2.45, 2.75) is 32.1 Å². The third kappa shape index (κ3) is 3.17. The number of methoxy groups -OCH3 is 1. The molecule has 3 N–H and O–H groups in total. The van der Waals surface area contributed by atoms with Crippen LogP contribution >= 0.6 is 0 Å². The van der Waals surface area contributed by atoms with E-state index in [1.165, 1.54) is 7.11 Å². The van der Waals surface area contributed by atoms with Gasteiger partial charge in [-0.2, -0.15) is 5.26 Å². The van der Waals surface area contributed by atoms with E-state index in [-0.39, 0.29) is 5.91 Å². The van der Waals surface area contributed by atoms with E-state index < -0.39 is 5.41 Å². The highest BCUT2D eigenvalue weighted by Gasteiger charge is 2.38. The van der Waals surface area contributed by atoms with Crippen LogP contribution in [0.15, 0.2) is 18.2 Å². The second kappa shape index (κ2) is 6.59. The van der Waals surface area contributed by atoms with E-state index in [0.717, 1.165) is 32.1 Å². The van der Waals surface area contributed by atoms with Gasteiger partial charge in [0.1, 0.15) is 5.75 Å². The molecule has 1 saturated carbocycles. The first-order chi connectivity index (χ1) is 10.1. The van der Waals surface area contributed by atoms with Gasteiger partial charge < -0.3 is 15.8 Å². The molecule has 0 saturated heterocycles. The molecule has 0 atom stereocenters. The Kier molecular flexibility index (Phi) is 4.81. The molecule has 0 heterocycles. The van der Waals surface area contributed by atoms with Crippen LogP contribution in [0.25, 0.3) is 0 Å². The topological polar surface area (TPSA) is 88.1 Å². The Balaban J connectivity index is 2.20. The quantitative estimate of drug-likeness (QED) is 0.890. The van der Waals surface area contributed by atoms with E-state index >= 15 is 0 Å². The molecule has 0 bridgehead atoms. The number of nitriles is 1. The van der Waals surface area contributed by atoms with E-state index in [1.807, 2.05) is 0 Å². The maximum atomic E-state index is 12.6. The Hall–Kier alpha value is -2.06. The van der Waals surface area contributed by atoms with Gasteiger partial charge in [0, 0.05) is 12.6 Å². The smallest absolute Gasteiger partial charge is 0.231 e. The minimum atomic E-state index is -0.475. The van der Waals surface area contributed by atoms with Crippen molar-refractivity contribution in [1.29, 1.82) is 5.26 Å². The first kappa shape index (κ1) is 15.3. The number of hydrogen-bond acceptors (Lipinski definition) is 4. The summed E-state index contributed by atoms with van der Waals surface area (Å²) in [6.45, 7) is 0.359. The average Bonchev–Trinajstić information content (AvgIpc) is 2.55. The first-order valence-electron chi connectivity index (χ1n) is 7.25. The third-order valence-corrected chi connectivity index (χ3v) is 4.26. The van der Waals surface area contributed by atoms with E-state index in [0.29, 0.717) is 23.5 Å². The standard InChI is InChI=1S/C16H21N3O2/c1-21-14-9-12(10-17)5-6-13(14)19-15(20)16(11-18)7-3-2-4-8-16/h5-6,9H,2-4,7-8,11,18H2,1H3,(H,19,20). The van der Waals surface area contributed by atoms with Crippen molar-refractivity contribution in [3.05, 3.63) is 23.8 Å². The molecule has 2 rings (SSSR count). The number of nitrogens with zero attached hydrogens (tertiary/aromatic N) is 1. The molecule has 0 unspecified atom stereocenters. The number of anilines is 1. The number of ether oxygens (including phenoxy) is 1. The summed E-state index contributed by atoms with van der Waals surface area (Å²) in [5, 5.41) is 11.8. The summed E-state index contributed by atoms with van der Waals surface area (Å²) in [6, 6.07) is 7.03. The summed E-state index contributed by atoms with van der Waals surface area (Å²) < 4.78 is 5.25. The largest absolute Gasteiger partial charge is 0.495 e. The van der Waals surface area contributed by atoms with Crippen molar-refractivity contribution in [3.63, 3.8) is 0 Å². The van der Waals surface area contributed by atoms with Gasteiger partial charge >= 0.3 is 0 Å². The molecule has 5 nitrogen and oxygen atoms in total. The van der Waals surface area contributed by atoms with Crippen LogP contribution in [0, 0.1) is 16.7 Å². The number of carbonyl (C=O) groups excluding carboxylic acids is 1. The molecule has 5 heteroatoms. The molecule has 1 aromatic carbocycles. The van der Waals surface area contributed by atoms with Gasteiger partial charge in [0.2, 0.25) is 5.91 Å². The number of nitrogens with two attached hydrogens (primary N) is 1. The van der Waals surface area contributed by atoms with Crippen molar-refractivity contribution in [2.75, 3.05) is 19.0 Å². The predicted molar refractivity (Wildman–Crippen MR) is 80.9 cm³/mol. The van der Waals surface area contributed by atoms with Crippen LogP contribution in [0.1, 0.15) is 37.7 Å². The Bertz CT molecular complexity index is 557. The summed E-state index contributed by atoms with van der Waals surface area (Å²) in [4.78, 5) is 12.6. The lowest BCUT2D eigenvalue weighted by atomic mass is 9.73. The van der Waals surface area contributed by atoms with Gasteiger partial charge in [0.25, 0.3) is 0 Å². The van der Waals surface area contributed by atoms with E-state index in [1.54, 1.807) is 18.2 Å². The van der Waals surface area contributed by atoms with Crippen LogP contribution in [0.4, 0.5) is 5.69 Å². The Labute approximate surface area is 125 Å². The van der Waals surface area contributed by atoms with E-state index in [9.17, 15) is 4.79 Å². The summed E-state index contributed by atoms with van der Waals surface area (Å²) in [5.41, 5.74) is 6.48. The van der Waals surface area contributed by atoms with Gasteiger partial charge in [-0.15, -0.1) is 0 Å². The van der Waals surface area contributed by atoms with Gasteiger partial charge in [0.15, 0.2) is 0 Å². The van der Waals surface area contributed by atoms with Crippen LogP contribution in [0.5, 0.6) is 5.75 Å². The highest BCUT2D eigenvalue weighted by atomic mass is 16.5. The zero-order chi connectivity index (χ0) is 15.3. The molecular formula is C16H21N3O2. The molecular weight excluding hydrogens is 266 g/mol. The fourth-order valence-corrected chi connectivity index (χ4v) is 2.87. The zero-order valence-corrected chi connectivity index (χ0v) is 12.3. The van der Waals surface area contributed by atoms with Crippen molar-refractivity contribution >= 4 is 11.6 Å². The maximum Gasteiger partial charge on any atom is 0.231 e. The minimum Gasteiger partial charge on any atom is -0.495 e. The van der Waals surface area contributed by atoms with E-state index in [2.05, 4.69) is 11.4 Å². The van der Waals surface area contributed by atoms with Crippen LogP contribution in [0.3, 0.4) is 0 Å². The number of benzene rings is 1. The lowest BCUT2D eigenvalue weighted by Crippen LogP contribution is -2.43. The molecule has 0 aromatic heterocycles. The Morgan fingerprint density at radius 2 is 2.14 bits per heavy atom. The molecule has 0 radical (unpaired) electrons. The molecule has 1 aromatic rings. The lowest BCUT2D eigenvalue weighted by molar-refractivity contribution is -0.126. The maximum absolute atomic E-state index is 12.6. The fraction of sp³-hybridized carbons (Fsp3) is 0.500. The molecule has 1 fully saturated rings. The number of nitrogens with one attached hydrogen (secondary N) is 1. The summed E-state index contributed by atoms with van der Waals surface area (Å²) in [5.74, 6) is 0.443. The summed E-state index contributed by atoms with van der Waals surface area (Å²) in [7, 11) is 1.52. The number of hydrogen-bond donors (Lipinski definition) is 2. The van der Waals surface area contributed by atoms with Gasteiger partial charge in [-0.3, -0.25) is 4.79 Å². The van der Waals surface area contributed by atoms with Crippen molar-refractivity contribution in [1.82, 2.24) is 0 Å². The predicted octanol–water partition coefficient (Wildman–Crippen LogP) is 2.41. The Morgan fingerprint density at radius 1 is 1.43 bits per heavy atom. The van der Waals surface area contributed by atoms with Gasteiger partial charge in [-0.1, -0.05) is 19.3 Å². The van der Waals surface area contributed by atoms with Gasteiger partial charge in [-0.25, -0.2) is 0 Å². The van der Waals surface area contributed by atoms with Crippen molar-refractivity contribution in [2.24, 2.45) is 11.1 Å². The van der Waals surface area contributed by atoms with Gasteiger partial charge in [-0.05, 0) is 25.0 Å². The van der Waals surface area contributed by atoms with Crippen molar-refractivity contribution in [3.8, 4) is 11.8 Å². The normalized spacial score (nSPS) is 16.8. The molecule has 0 aliphatic heterocycles. The lowest BCUT2D eigenvalue weighted by Gasteiger charge is -2.34. The monoisotopic (exact) mass is 287 g/mol. The van der Waals surface area contributed by atoms with E-state index in [4.69, 9.17) is 15.7 Å². The molecule has 0 spiro atoms. The molecule has 21 heavy (non-hydrogen) atoms. The minimum absolute atomic E-state index is 0.0484. The average molecular weight is 287 g/mol. The highest BCUT2D eigenvalue weighted by Crippen LogP contribution is 2.37. The molecule has 1 amide bonds. The second-order valence-electron chi connectivity index (χ2n) is 5.53. The molecule has 1 aliphatic rings. The van der Waals surface area contributed by atoms with Gasteiger partial charge in [0.05, 0.1) is 29.8 Å². The number of rotatable bonds is 4. The molecule has 1 aliphatic carbocycles. The highest BCUT2D eigenvalue weighted by molar-refractivity contribution is 5.96. The van der Waals surface area contributed by atoms with Crippen LogP contribution in [-0.2, 0) is 4.79 Å². The first-order valence-corrected chi connectivity index (χ1v) is 7.25. The van der Waals surface area contributed by atoms with Crippen LogP contribution in [0.2, 0.25) is 0 Å². The zero-order valence-electron chi connectivity index (χ0n) is 12.3. The Morgan fingerprint density at radius 3 is 2.71 bits per heavy atom. The van der Waals surface area contributed by atoms with Crippen LogP contribution in [-0.4, -0.2) is 19.6 Å². The third-order valence-electron chi connectivity index (χ3n) is 4.26. The SMILES string of the molecule is COc1cc(C#N)ccc1NC(=O)C1(CN)CCCCC1. The summed E-state index contributed by atoms with van der Waals surface area (Å²) >= 11 is 0. The fourth-order valence-electron chi connectivity index (χ4n) is 2.87. The van der Waals surface area contributed by atoms with Crippen molar-refractivity contribution < 1.29 is 9.53 Å². The number of amides is 1. The number of carbonyl (C=O) groups is 1. The second-order valence-corrected chi connectivity index (χ2v) is 5.53. The summed E-state index contributed by atoms with van der Waals surface area (Å²) in [6.07, 6.45) is 4.89. The molecule has 112 valence electrons.